The molecule has 3 rings (SSSR count). The summed E-state index contributed by atoms with van der Waals surface area (Å²) in [7, 11) is 1.91. The highest BCUT2D eigenvalue weighted by atomic mass is 32.1. The quantitative estimate of drug-likeness (QED) is 0.815. The molecule has 5 heteroatoms. The third-order valence-corrected chi connectivity index (χ3v) is 5.82. The van der Waals surface area contributed by atoms with E-state index < -0.39 is 0 Å². The molecule has 2 aromatic rings. The van der Waals surface area contributed by atoms with Crippen LogP contribution in [0.5, 0.6) is 0 Å². The highest BCUT2D eigenvalue weighted by molar-refractivity contribution is 7.13. The third kappa shape index (κ3) is 4.01. The van der Waals surface area contributed by atoms with Gasteiger partial charge in [0.2, 0.25) is 5.91 Å². The lowest BCUT2D eigenvalue weighted by atomic mass is 9.86. The van der Waals surface area contributed by atoms with Crippen LogP contribution in [0.15, 0.2) is 29.6 Å². The summed E-state index contributed by atoms with van der Waals surface area (Å²) in [6.07, 6.45) is 4.89. The lowest BCUT2D eigenvalue weighted by Crippen LogP contribution is -2.40. The molecule has 0 aliphatic heterocycles. The zero-order valence-electron chi connectivity index (χ0n) is 14.2. The van der Waals surface area contributed by atoms with Crippen molar-refractivity contribution in [3.8, 4) is 10.6 Å². The van der Waals surface area contributed by atoms with Crippen LogP contribution in [0.4, 0.5) is 4.39 Å². The number of hydrogen-bond donors (Lipinski definition) is 0. The normalized spacial score (nSPS) is 20.8. The Kier molecular flexibility index (Phi) is 5.29. The summed E-state index contributed by atoms with van der Waals surface area (Å²) in [5.74, 6) is 0.620. The van der Waals surface area contributed by atoms with Gasteiger partial charge in [0.25, 0.3) is 0 Å². The lowest BCUT2D eigenvalue weighted by Gasteiger charge is -2.33. The molecule has 1 aromatic carbocycles. The van der Waals surface area contributed by atoms with Crippen LogP contribution >= 0.6 is 11.3 Å². The fourth-order valence-corrected chi connectivity index (χ4v) is 4.07. The SMILES string of the molecule is CC1CCC(N(C)C(=O)Cc2csc(-c3cccc(F)c3)n2)CC1. The van der Waals surface area contributed by atoms with E-state index in [1.165, 1.54) is 36.3 Å². The first kappa shape index (κ1) is 17.1. The number of aromatic nitrogens is 1. The Hall–Kier alpha value is -1.75. The van der Waals surface area contributed by atoms with Crippen molar-refractivity contribution < 1.29 is 9.18 Å². The molecule has 24 heavy (non-hydrogen) atoms. The smallest absolute Gasteiger partial charge is 0.228 e. The minimum absolute atomic E-state index is 0.116. The first-order chi connectivity index (χ1) is 11.5. The highest BCUT2D eigenvalue weighted by Gasteiger charge is 2.25. The number of thiazole rings is 1. The van der Waals surface area contributed by atoms with Gasteiger partial charge in [0.1, 0.15) is 10.8 Å². The number of halogens is 1. The fourth-order valence-electron chi connectivity index (χ4n) is 3.26. The van der Waals surface area contributed by atoms with E-state index in [1.54, 1.807) is 6.07 Å². The Bertz CT molecular complexity index is 707. The molecular formula is C19H23FN2OS. The molecule has 1 saturated carbocycles. The second-order valence-electron chi connectivity index (χ2n) is 6.75. The van der Waals surface area contributed by atoms with E-state index >= 15 is 0 Å². The minimum Gasteiger partial charge on any atom is -0.342 e. The van der Waals surface area contributed by atoms with Crippen LogP contribution in [-0.4, -0.2) is 28.9 Å². The van der Waals surface area contributed by atoms with Gasteiger partial charge in [-0.2, -0.15) is 0 Å². The number of likely N-dealkylation sites (N-methyl/N-ethyl adjacent to an activating group) is 1. The Balaban J connectivity index is 1.63. The summed E-state index contributed by atoms with van der Waals surface area (Å²) in [6, 6.07) is 6.76. The Morgan fingerprint density at radius 2 is 2.08 bits per heavy atom. The van der Waals surface area contributed by atoms with Gasteiger partial charge < -0.3 is 4.90 Å². The maximum atomic E-state index is 13.3. The number of hydrogen-bond acceptors (Lipinski definition) is 3. The maximum Gasteiger partial charge on any atom is 0.228 e. The van der Waals surface area contributed by atoms with Crippen LogP contribution in [0.3, 0.4) is 0 Å². The molecule has 0 radical (unpaired) electrons. The fraction of sp³-hybridized carbons (Fsp3) is 0.474. The maximum absolute atomic E-state index is 13.3. The van der Waals surface area contributed by atoms with Gasteiger partial charge in [-0.25, -0.2) is 9.37 Å². The summed E-state index contributed by atoms with van der Waals surface area (Å²) in [6.45, 7) is 2.28. The number of carbonyl (C=O) groups excluding carboxylic acids is 1. The topological polar surface area (TPSA) is 33.2 Å². The summed E-state index contributed by atoms with van der Waals surface area (Å²) < 4.78 is 13.3. The van der Waals surface area contributed by atoms with E-state index in [9.17, 15) is 9.18 Å². The second-order valence-corrected chi connectivity index (χ2v) is 7.61. The number of benzene rings is 1. The molecule has 1 aliphatic rings. The zero-order valence-corrected chi connectivity index (χ0v) is 15.0. The number of rotatable bonds is 4. The lowest BCUT2D eigenvalue weighted by molar-refractivity contribution is -0.132. The van der Waals surface area contributed by atoms with E-state index in [4.69, 9.17) is 0 Å². The summed E-state index contributed by atoms with van der Waals surface area (Å²) in [4.78, 5) is 18.9. The summed E-state index contributed by atoms with van der Waals surface area (Å²) in [5, 5.41) is 2.65. The van der Waals surface area contributed by atoms with Crippen molar-refractivity contribution in [3.63, 3.8) is 0 Å². The van der Waals surface area contributed by atoms with Crippen LogP contribution in [-0.2, 0) is 11.2 Å². The average molecular weight is 346 g/mol. The van der Waals surface area contributed by atoms with Crippen LogP contribution in [0.2, 0.25) is 0 Å². The van der Waals surface area contributed by atoms with Gasteiger partial charge in [-0.05, 0) is 43.7 Å². The molecule has 128 valence electrons. The Labute approximate surface area is 146 Å². The van der Waals surface area contributed by atoms with Crippen molar-refractivity contribution in [2.75, 3.05) is 7.05 Å². The van der Waals surface area contributed by atoms with Gasteiger partial charge in [-0.15, -0.1) is 11.3 Å². The van der Waals surface area contributed by atoms with Crippen molar-refractivity contribution in [3.05, 3.63) is 41.2 Å². The predicted molar refractivity (Wildman–Crippen MR) is 95.4 cm³/mol. The van der Waals surface area contributed by atoms with Gasteiger partial charge in [0.05, 0.1) is 12.1 Å². The van der Waals surface area contributed by atoms with Crippen LogP contribution < -0.4 is 0 Å². The van der Waals surface area contributed by atoms with Gasteiger partial charge >= 0.3 is 0 Å². The number of amides is 1. The van der Waals surface area contributed by atoms with Crippen molar-refractivity contribution in [1.29, 1.82) is 0 Å². The van der Waals surface area contributed by atoms with Crippen molar-refractivity contribution >= 4 is 17.2 Å². The second kappa shape index (κ2) is 7.43. The third-order valence-electron chi connectivity index (χ3n) is 4.88. The molecule has 0 unspecified atom stereocenters. The first-order valence-corrected chi connectivity index (χ1v) is 9.37. The van der Waals surface area contributed by atoms with Crippen molar-refractivity contribution in [2.24, 2.45) is 5.92 Å². The van der Waals surface area contributed by atoms with E-state index in [0.717, 1.165) is 35.0 Å². The number of nitrogens with zero attached hydrogens (tertiary/aromatic N) is 2. The molecule has 1 fully saturated rings. The van der Waals surface area contributed by atoms with Gasteiger partial charge in [0.15, 0.2) is 0 Å². The van der Waals surface area contributed by atoms with E-state index in [0.29, 0.717) is 12.5 Å². The summed E-state index contributed by atoms with van der Waals surface area (Å²) in [5.41, 5.74) is 1.52. The molecule has 1 heterocycles. The van der Waals surface area contributed by atoms with E-state index in [2.05, 4.69) is 11.9 Å². The monoisotopic (exact) mass is 346 g/mol. The largest absolute Gasteiger partial charge is 0.342 e. The average Bonchev–Trinajstić information content (AvgIpc) is 3.03. The number of carbonyl (C=O) groups is 1. The molecular weight excluding hydrogens is 323 g/mol. The molecule has 1 amide bonds. The molecule has 0 atom stereocenters. The molecule has 0 saturated heterocycles. The van der Waals surface area contributed by atoms with Gasteiger partial charge in [-0.1, -0.05) is 19.1 Å². The van der Waals surface area contributed by atoms with E-state index in [-0.39, 0.29) is 11.7 Å². The highest BCUT2D eigenvalue weighted by Crippen LogP contribution is 2.28. The van der Waals surface area contributed by atoms with Crippen molar-refractivity contribution in [1.82, 2.24) is 9.88 Å². The van der Waals surface area contributed by atoms with Gasteiger partial charge in [-0.3, -0.25) is 4.79 Å². The minimum atomic E-state index is -0.272. The Morgan fingerprint density at radius 1 is 1.33 bits per heavy atom. The molecule has 0 spiro atoms. The van der Waals surface area contributed by atoms with Crippen LogP contribution in [0.1, 0.15) is 38.3 Å². The molecule has 3 nitrogen and oxygen atoms in total. The van der Waals surface area contributed by atoms with Crippen LogP contribution in [0, 0.1) is 11.7 Å². The molecule has 1 aromatic heterocycles. The Morgan fingerprint density at radius 3 is 2.79 bits per heavy atom. The van der Waals surface area contributed by atoms with Crippen LogP contribution in [0.25, 0.3) is 10.6 Å². The zero-order chi connectivity index (χ0) is 17.1. The van der Waals surface area contributed by atoms with E-state index in [1.807, 2.05) is 23.4 Å². The first-order valence-electron chi connectivity index (χ1n) is 8.49. The van der Waals surface area contributed by atoms with Gasteiger partial charge in [0, 0.05) is 24.0 Å². The standard InChI is InChI=1S/C19H23FN2OS/c1-13-6-8-17(9-7-13)22(2)18(23)11-16-12-24-19(21-16)14-4-3-5-15(20)10-14/h3-5,10,12-13,17H,6-9,11H2,1-2H3. The summed E-state index contributed by atoms with van der Waals surface area (Å²) >= 11 is 1.45. The predicted octanol–water partition coefficient (Wildman–Crippen LogP) is 4.53. The molecule has 1 aliphatic carbocycles. The molecule has 0 bridgehead atoms. The van der Waals surface area contributed by atoms with Crippen molar-refractivity contribution in [2.45, 2.75) is 45.1 Å². The molecule has 0 N–H and O–H groups in total.